The van der Waals surface area contributed by atoms with Crippen LogP contribution >= 0.6 is 15.9 Å². The third-order valence-corrected chi connectivity index (χ3v) is 3.59. The summed E-state index contributed by atoms with van der Waals surface area (Å²) >= 11 is 3.46. The summed E-state index contributed by atoms with van der Waals surface area (Å²) in [6.07, 6.45) is 3.63. The first-order valence-corrected chi connectivity index (χ1v) is 6.59. The Labute approximate surface area is 114 Å². The van der Waals surface area contributed by atoms with E-state index in [9.17, 15) is 4.79 Å². The van der Waals surface area contributed by atoms with Crippen molar-refractivity contribution in [2.75, 3.05) is 5.73 Å². The maximum Gasteiger partial charge on any atom is 0.328 e. The average molecular weight is 310 g/mol. The highest BCUT2D eigenvalue weighted by molar-refractivity contribution is 9.10. The van der Waals surface area contributed by atoms with Gasteiger partial charge < -0.3 is 5.73 Å². The summed E-state index contributed by atoms with van der Waals surface area (Å²) in [5.41, 5.74) is 7.44. The van der Waals surface area contributed by atoms with Crippen LogP contribution in [0.1, 0.15) is 25.5 Å². The molecule has 1 heterocycles. The van der Waals surface area contributed by atoms with Gasteiger partial charge in [0.2, 0.25) is 0 Å². The lowest BCUT2D eigenvalue weighted by molar-refractivity contribution is 0.561. The third kappa shape index (κ3) is 2.51. The van der Waals surface area contributed by atoms with Gasteiger partial charge in [-0.05, 0) is 31.5 Å². The van der Waals surface area contributed by atoms with Crippen LogP contribution in [0, 0.1) is 0 Å². The SMILES string of the molecule is CC(C)n1ccn(Cc2ccc(N)cc2Br)c1=O. The Morgan fingerprint density at radius 1 is 1.33 bits per heavy atom. The molecule has 2 aromatic rings. The van der Waals surface area contributed by atoms with Gasteiger partial charge in [0, 0.05) is 28.6 Å². The molecule has 0 radical (unpaired) electrons. The molecule has 0 saturated heterocycles. The van der Waals surface area contributed by atoms with Crippen molar-refractivity contribution in [3.63, 3.8) is 0 Å². The zero-order valence-electron chi connectivity index (χ0n) is 10.4. The summed E-state index contributed by atoms with van der Waals surface area (Å²) in [6.45, 7) is 4.52. The minimum atomic E-state index is 0.00808. The predicted molar refractivity (Wildman–Crippen MR) is 76.7 cm³/mol. The zero-order chi connectivity index (χ0) is 13.3. The number of hydrogen-bond donors (Lipinski definition) is 1. The standard InChI is InChI=1S/C13H16BrN3O/c1-9(2)17-6-5-16(13(17)18)8-10-3-4-11(15)7-12(10)14/h3-7,9H,8,15H2,1-2H3. The molecule has 0 saturated carbocycles. The number of benzene rings is 1. The fourth-order valence-corrected chi connectivity index (χ4v) is 2.34. The van der Waals surface area contributed by atoms with Gasteiger partial charge in [-0.1, -0.05) is 22.0 Å². The summed E-state index contributed by atoms with van der Waals surface area (Å²) in [4.78, 5) is 12.1. The Balaban J connectivity index is 2.32. The number of hydrogen-bond acceptors (Lipinski definition) is 2. The highest BCUT2D eigenvalue weighted by Crippen LogP contribution is 2.20. The molecule has 5 heteroatoms. The Hall–Kier alpha value is -1.49. The molecule has 0 spiro atoms. The normalized spacial score (nSPS) is 11.1. The number of halogens is 1. The second kappa shape index (κ2) is 5.02. The monoisotopic (exact) mass is 309 g/mol. The first-order valence-electron chi connectivity index (χ1n) is 5.80. The number of nitrogens with two attached hydrogens (primary N) is 1. The summed E-state index contributed by atoms with van der Waals surface area (Å²) in [7, 11) is 0. The zero-order valence-corrected chi connectivity index (χ0v) is 12.0. The molecule has 18 heavy (non-hydrogen) atoms. The van der Waals surface area contributed by atoms with Crippen LogP contribution in [0.3, 0.4) is 0 Å². The number of rotatable bonds is 3. The lowest BCUT2D eigenvalue weighted by atomic mass is 10.2. The van der Waals surface area contributed by atoms with Crippen molar-refractivity contribution in [2.24, 2.45) is 0 Å². The lowest BCUT2D eigenvalue weighted by Gasteiger charge is -2.07. The minimum Gasteiger partial charge on any atom is -0.399 e. The molecule has 0 aliphatic rings. The molecular formula is C13H16BrN3O. The van der Waals surface area contributed by atoms with Gasteiger partial charge in [-0.25, -0.2) is 4.79 Å². The van der Waals surface area contributed by atoms with Gasteiger partial charge in [0.1, 0.15) is 0 Å². The van der Waals surface area contributed by atoms with Crippen LogP contribution in [-0.2, 0) is 6.54 Å². The number of nitrogen functional groups attached to an aromatic ring is 1. The quantitative estimate of drug-likeness (QED) is 0.886. The van der Waals surface area contributed by atoms with Crippen molar-refractivity contribution in [1.29, 1.82) is 0 Å². The van der Waals surface area contributed by atoms with Gasteiger partial charge in [0.05, 0.1) is 6.54 Å². The fourth-order valence-electron chi connectivity index (χ4n) is 1.82. The molecule has 0 bridgehead atoms. The van der Waals surface area contributed by atoms with E-state index >= 15 is 0 Å². The Morgan fingerprint density at radius 3 is 2.61 bits per heavy atom. The average Bonchev–Trinajstić information content (AvgIpc) is 2.64. The van der Waals surface area contributed by atoms with Crippen molar-refractivity contribution in [3.05, 3.63) is 51.1 Å². The molecule has 0 fully saturated rings. The van der Waals surface area contributed by atoms with E-state index in [0.717, 1.165) is 10.0 Å². The van der Waals surface area contributed by atoms with Gasteiger partial charge in [0.25, 0.3) is 0 Å². The van der Waals surface area contributed by atoms with Crippen LogP contribution in [0.5, 0.6) is 0 Å². The number of anilines is 1. The maximum absolute atomic E-state index is 12.1. The Kier molecular flexibility index (Phi) is 3.61. The van der Waals surface area contributed by atoms with Crippen molar-refractivity contribution >= 4 is 21.6 Å². The summed E-state index contributed by atoms with van der Waals surface area (Å²) in [5, 5.41) is 0. The van der Waals surface area contributed by atoms with E-state index < -0.39 is 0 Å². The van der Waals surface area contributed by atoms with Crippen LogP contribution in [0.25, 0.3) is 0 Å². The van der Waals surface area contributed by atoms with Crippen LogP contribution in [0.2, 0.25) is 0 Å². The molecule has 2 rings (SSSR count). The second-order valence-corrected chi connectivity index (χ2v) is 5.41. The van der Waals surface area contributed by atoms with Crippen LogP contribution in [0.4, 0.5) is 5.69 Å². The molecule has 0 unspecified atom stereocenters. The van der Waals surface area contributed by atoms with Gasteiger partial charge in [0.15, 0.2) is 0 Å². The smallest absolute Gasteiger partial charge is 0.328 e. The molecule has 2 N–H and O–H groups in total. The molecular weight excluding hydrogens is 294 g/mol. The summed E-state index contributed by atoms with van der Waals surface area (Å²) < 4.78 is 4.33. The second-order valence-electron chi connectivity index (χ2n) is 4.56. The molecule has 96 valence electrons. The largest absolute Gasteiger partial charge is 0.399 e. The van der Waals surface area contributed by atoms with E-state index in [4.69, 9.17) is 5.73 Å². The molecule has 1 aromatic carbocycles. The predicted octanol–water partition coefficient (Wildman–Crippen LogP) is 2.62. The highest BCUT2D eigenvalue weighted by Gasteiger charge is 2.08. The van der Waals surface area contributed by atoms with Crippen molar-refractivity contribution in [2.45, 2.75) is 26.4 Å². The maximum atomic E-state index is 12.1. The van der Waals surface area contributed by atoms with E-state index in [2.05, 4.69) is 15.9 Å². The summed E-state index contributed by atoms with van der Waals surface area (Å²) in [6, 6.07) is 5.79. The Bertz CT molecular complexity index is 613. The minimum absolute atomic E-state index is 0.00808. The summed E-state index contributed by atoms with van der Waals surface area (Å²) in [5.74, 6) is 0. The van der Waals surface area contributed by atoms with Crippen LogP contribution < -0.4 is 11.4 Å². The highest BCUT2D eigenvalue weighted by atomic mass is 79.9. The van der Waals surface area contributed by atoms with Crippen LogP contribution in [-0.4, -0.2) is 9.13 Å². The molecule has 0 amide bonds. The number of aromatic nitrogens is 2. The van der Waals surface area contributed by atoms with E-state index in [1.807, 2.05) is 44.4 Å². The lowest BCUT2D eigenvalue weighted by Crippen LogP contribution is -2.25. The van der Waals surface area contributed by atoms with Crippen LogP contribution in [0.15, 0.2) is 39.9 Å². The van der Waals surface area contributed by atoms with E-state index in [1.165, 1.54) is 0 Å². The fraction of sp³-hybridized carbons (Fsp3) is 0.308. The van der Waals surface area contributed by atoms with Crippen molar-refractivity contribution in [3.8, 4) is 0 Å². The van der Waals surface area contributed by atoms with Gasteiger partial charge in [-0.3, -0.25) is 9.13 Å². The molecule has 0 aliphatic carbocycles. The third-order valence-electron chi connectivity index (χ3n) is 2.85. The van der Waals surface area contributed by atoms with Gasteiger partial charge >= 0.3 is 5.69 Å². The van der Waals surface area contributed by atoms with Gasteiger partial charge in [-0.2, -0.15) is 0 Å². The van der Waals surface area contributed by atoms with E-state index in [-0.39, 0.29) is 11.7 Å². The molecule has 4 nitrogen and oxygen atoms in total. The first kappa shape index (κ1) is 13.0. The Morgan fingerprint density at radius 2 is 2.06 bits per heavy atom. The van der Waals surface area contributed by atoms with E-state index in [0.29, 0.717) is 12.2 Å². The first-order chi connectivity index (χ1) is 8.49. The van der Waals surface area contributed by atoms with Gasteiger partial charge in [-0.15, -0.1) is 0 Å². The molecule has 0 atom stereocenters. The molecule has 1 aromatic heterocycles. The van der Waals surface area contributed by atoms with E-state index in [1.54, 1.807) is 9.13 Å². The van der Waals surface area contributed by atoms with Crippen molar-refractivity contribution in [1.82, 2.24) is 9.13 Å². The number of nitrogens with zero attached hydrogens (tertiary/aromatic N) is 2. The molecule has 0 aliphatic heterocycles. The van der Waals surface area contributed by atoms with Crippen molar-refractivity contribution < 1.29 is 0 Å². The number of imidazole rings is 1. The topological polar surface area (TPSA) is 52.9 Å².